The van der Waals surface area contributed by atoms with Gasteiger partial charge in [-0.1, -0.05) is 0 Å². The normalized spacial score (nSPS) is 11.0. The summed E-state index contributed by atoms with van der Waals surface area (Å²) in [6.07, 6.45) is 5.24. The van der Waals surface area contributed by atoms with Crippen LogP contribution in [0.5, 0.6) is 0 Å². The molecule has 0 saturated carbocycles. The Bertz CT molecular complexity index is 1580. The van der Waals surface area contributed by atoms with Crippen molar-refractivity contribution >= 4 is 57.7 Å². The van der Waals surface area contributed by atoms with Crippen molar-refractivity contribution in [1.29, 1.82) is 0 Å². The number of hydrogen-bond donors (Lipinski definition) is 5. The van der Waals surface area contributed by atoms with E-state index in [2.05, 4.69) is 35.2 Å². The van der Waals surface area contributed by atoms with Crippen LogP contribution in [0.3, 0.4) is 0 Å². The van der Waals surface area contributed by atoms with Gasteiger partial charge in [0, 0.05) is 26.2 Å². The van der Waals surface area contributed by atoms with Gasteiger partial charge in [-0.05, 0) is 0 Å². The summed E-state index contributed by atoms with van der Waals surface area (Å²) >= 11 is 0. The predicted octanol–water partition coefficient (Wildman–Crippen LogP) is -3.35. The molecule has 41 heavy (non-hydrogen) atoms. The number of carbonyl (C=O) groups excluding carboxylic acids is 3. The first-order chi connectivity index (χ1) is 19.7. The van der Waals surface area contributed by atoms with Crippen molar-refractivity contribution in [2.24, 2.45) is 5.73 Å². The van der Waals surface area contributed by atoms with Gasteiger partial charge in [-0.3, -0.25) is 19.2 Å². The lowest BCUT2D eigenvalue weighted by Gasteiger charge is -2.23. The minimum atomic E-state index is -1.23. The highest BCUT2D eigenvalue weighted by Gasteiger charge is 2.21. The van der Waals surface area contributed by atoms with Gasteiger partial charge in [0.2, 0.25) is 17.7 Å². The van der Waals surface area contributed by atoms with Crippen LogP contribution in [0.4, 0.5) is 11.6 Å². The smallest absolute Gasteiger partial charge is 0.323 e. The lowest BCUT2D eigenvalue weighted by molar-refractivity contribution is -0.144. The van der Waals surface area contributed by atoms with Gasteiger partial charge in [0.05, 0.1) is 19.2 Å². The zero-order valence-electron chi connectivity index (χ0n) is 21.8. The van der Waals surface area contributed by atoms with Gasteiger partial charge in [-0.15, -0.1) is 0 Å². The van der Waals surface area contributed by atoms with Gasteiger partial charge in [0.15, 0.2) is 22.9 Å². The summed E-state index contributed by atoms with van der Waals surface area (Å²) < 4.78 is 2.90. The number of nitrogens with two attached hydrogens (primary N) is 3. The van der Waals surface area contributed by atoms with Gasteiger partial charge < -0.3 is 46.6 Å². The molecule has 19 heteroatoms. The Balaban J connectivity index is 1.33. The summed E-state index contributed by atoms with van der Waals surface area (Å²) in [7, 11) is 0. The van der Waals surface area contributed by atoms with Crippen LogP contribution in [0.15, 0.2) is 25.3 Å². The molecular weight excluding hydrogens is 540 g/mol. The number of aromatic nitrogens is 8. The van der Waals surface area contributed by atoms with Crippen molar-refractivity contribution in [1.82, 2.24) is 54.2 Å². The van der Waals surface area contributed by atoms with Crippen molar-refractivity contribution in [3.8, 4) is 0 Å². The van der Waals surface area contributed by atoms with Crippen molar-refractivity contribution in [2.45, 2.75) is 13.1 Å². The number of rotatable bonds is 13. The molecule has 3 amide bonds. The number of amides is 3. The molecule has 0 unspecified atom stereocenters. The van der Waals surface area contributed by atoms with Crippen molar-refractivity contribution in [3.05, 3.63) is 25.3 Å². The molecule has 0 radical (unpaired) electrons. The molecule has 0 aliphatic rings. The number of nitrogen functional groups attached to an aromatic ring is 2. The van der Waals surface area contributed by atoms with Crippen molar-refractivity contribution in [3.63, 3.8) is 0 Å². The van der Waals surface area contributed by atoms with Crippen LogP contribution in [-0.2, 0) is 32.3 Å². The fourth-order valence-electron chi connectivity index (χ4n) is 3.98. The molecule has 0 spiro atoms. The van der Waals surface area contributed by atoms with E-state index in [1.54, 1.807) is 0 Å². The van der Waals surface area contributed by atoms with Crippen LogP contribution in [0.2, 0.25) is 0 Å². The molecule has 0 aliphatic carbocycles. The zero-order chi connectivity index (χ0) is 29.5. The van der Waals surface area contributed by atoms with E-state index < -0.39 is 30.2 Å². The molecule has 0 aliphatic heterocycles. The number of aliphatic carboxylic acids is 1. The molecule has 4 aromatic rings. The minimum Gasteiger partial charge on any atom is -0.480 e. The Labute approximate surface area is 231 Å². The molecule has 0 fully saturated rings. The molecule has 4 aromatic heterocycles. The standard InChI is InChI=1S/C22H28N14O5/c23-1-3-33(14(38)6-35-11-31-17-19(24)27-9-29-21(17)35)5-13(37)26-2-4-34(8-16(40)41)15(39)7-36-12-32-18-20(25)28-10-30-22(18)36/h9-12H,1-8,23H2,(H,26,37)(H,40,41)(H2,24,27,29)(H2,25,28,30). The number of carboxylic acid groups (broad SMARTS) is 1. The average Bonchev–Trinajstić information content (AvgIpc) is 3.53. The van der Waals surface area contributed by atoms with Crippen LogP contribution in [0.25, 0.3) is 22.3 Å². The summed E-state index contributed by atoms with van der Waals surface area (Å²) in [6, 6.07) is 0. The minimum absolute atomic E-state index is 0.0648. The molecule has 4 rings (SSSR count). The first-order valence-electron chi connectivity index (χ1n) is 12.2. The molecule has 0 aromatic carbocycles. The molecule has 216 valence electrons. The monoisotopic (exact) mass is 568 g/mol. The summed E-state index contributed by atoms with van der Waals surface area (Å²) in [5, 5.41) is 11.9. The van der Waals surface area contributed by atoms with Crippen LogP contribution < -0.4 is 22.5 Å². The molecular formula is C22H28N14O5. The fourth-order valence-corrected chi connectivity index (χ4v) is 3.98. The van der Waals surface area contributed by atoms with E-state index in [9.17, 15) is 24.3 Å². The fraction of sp³-hybridized carbons (Fsp3) is 0.364. The second-order valence-electron chi connectivity index (χ2n) is 8.77. The van der Waals surface area contributed by atoms with E-state index in [0.717, 1.165) is 4.90 Å². The van der Waals surface area contributed by atoms with Gasteiger partial charge >= 0.3 is 5.97 Å². The van der Waals surface area contributed by atoms with Gasteiger partial charge in [0.25, 0.3) is 0 Å². The number of imidazole rings is 2. The van der Waals surface area contributed by atoms with Crippen molar-refractivity contribution < 1.29 is 24.3 Å². The SMILES string of the molecule is NCCN(CC(=O)NCCN(CC(=O)O)C(=O)Cn1cnc2c(N)ncnc21)C(=O)Cn1cnc2c(N)ncnc21. The lowest BCUT2D eigenvalue weighted by Crippen LogP contribution is -2.46. The maximum Gasteiger partial charge on any atom is 0.323 e. The molecule has 8 N–H and O–H groups in total. The largest absolute Gasteiger partial charge is 0.480 e. The molecule has 0 atom stereocenters. The summed E-state index contributed by atoms with van der Waals surface area (Å²) in [5.74, 6) is -2.40. The van der Waals surface area contributed by atoms with Crippen LogP contribution in [0.1, 0.15) is 0 Å². The van der Waals surface area contributed by atoms with Gasteiger partial charge in [0.1, 0.15) is 43.3 Å². The van der Waals surface area contributed by atoms with Crippen molar-refractivity contribution in [2.75, 3.05) is 50.7 Å². The van der Waals surface area contributed by atoms with E-state index in [-0.39, 0.29) is 57.4 Å². The Morgan fingerprint density at radius 1 is 0.780 bits per heavy atom. The average molecular weight is 569 g/mol. The molecule has 4 heterocycles. The highest BCUT2D eigenvalue weighted by molar-refractivity contribution is 5.87. The number of hydrogen-bond acceptors (Lipinski definition) is 13. The maximum atomic E-state index is 12.9. The first-order valence-corrected chi connectivity index (χ1v) is 12.2. The van der Waals surface area contributed by atoms with Crippen LogP contribution in [-0.4, -0.2) is 117 Å². The molecule has 0 saturated heterocycles. The number of carbonyl (C=O) groups is 4. The highest BCUT2D eigenvalue weighted by atomic mass is 16.4. The van der Waals surface area contributed by atoms with E-state index in [0.29, 0.717) is 22.3 Å². The summed E-state index contributed by atoms with van der Waals surface area (Å²) in [6.45, 7) is -1.28. The quantitative estimate of drug-likeness (QED) is 0.105. The lowest BCUT2D eigenvalue weighted by atomic mass is 10.3. The zero-order valence-corrected chi connectivity index (χ0v) is 21.8. The number of nitrogens with one attached hydrogen (secondary N) is 1. The third-order valence-electron chi connectivity index (χ3n) is 5.94. The van der Waals surface area contributed by atoms with Crippen LogP contribution in [0, 0.1) is 0 Å². The number of nitrogens with zero attached hydrogens (tertiary/aromatic N) is 10. The number of carboxylic acids is 1. The highest BCUT2D eigenvalue weighted by Crippen LogP contribution is 2.15. The Morgan fingerprint density at radius 3 is 1.78 bits per heavy atom. The summed E-state index contributed by atoms with van der Waals surface area (Å²) in [5.41, 5.74) is 18.5. The third kappa shape index (κ3) is 6.76. The molecule has 19 nitrogen and oxygen atoms in total. The summed E-state index contributed by atoms with van der Waals surface area (Å²) in [4.78, 5) is 76.3. The predicted molar refractivity (Wildman–Crippen MR) is 142 cm³/mol. The molecule has 0 bridgehead atoms. The van der Waals surface area contributed by atoms with E-state index in [4.69, 9.17) is 17.2 Å². The second kappa shape index (κ2) is 12.6. The Kier molecular flexibility index (Phi) is 8.77. The third-order valence-corrected chi connectivity index (χ3v) is 5.94. The topological polar surface area (TPSA) is 272 Å². The van der Waals surface area contributed by atoms with Crippen LogP contribution >= 0.6 is 0 Å². The van der Waals surface area contributed by atoms with E-state index in [1.807, 2.05) is 0 Å². The second-order valence-corrected chi connectivity index (χ2v) is 8.77. The first kappa shape index (κ1) is 28.5. The number of fused-ring (bicyclic) bond motifs is 2. The van der Waals surface area contributed by atoms with E-state index >= 15 is 0 Å². The Morgan fingerprint density at radius 2 is 1.29 bits per heavy atom. The Hall–Kier alpha value is -5.46. The van der Waals surface area contributed by atoms with Gasteiger partial charge in [-0.2, -0.15) is 0 Å². The maximum absolute atomic E-state index is 12.9. The number of anilines is 2. The van der Waals surface area contributed by atoms with E-state index in [1.165, 1.54) is 39.3 Å². The van der Waals surface area contributed by atoms with Gasteiger partial charge in [-0.25, -0.2) is 29.9 Å².